The topological polar surface area (TPSA) is 51.0 Å². The maximum atomic E-state index is 5.31. The van der Waals surface area contributed by atoms with Gasteiger partial charge in [0.25, 0.3) is 0 Å². The summed E-state index contributed by atoms with van der Waals surface area (Å²) in [5.41, 5.74) is 0. The molecule has 0 aromatic carbocycles. The van der Waals surface area contributed by atoms with Gasteiger partial charge in [0.05, 0.1) is 0 Å². The molecule has 2 aliphatic rings. The normalized spacial score (nSPS) is 22.5. The summed E-state index contributed by atoms with van der Waals surface area (Å²) in [6, 6.07) is 0. The average molecular weight is 221 g/mol. The maximum Gasteiger partial charge on any atom is 0.226 e. The first-order valence-electron chi connectivity index (χ1n) is 6.42. The Morgan fingerprint density at radius 3 is 2.56 bits per heavy atom. The quantitative estimate of drug-likeness (QED) is 0.838. The van der Waals surface area contributed by atoms with Crippen LogP contribution in [-0.2, 0) is 12.8 Å². The molecule has 1 aliphatic carbocycles. The molecule has 4 nitrogen and oxygen atoms in total. The molecule has 1 aromatic rings. The van der Waals surface area contributed by atoms with Crippen molar-refractivity contribution in [2.75, 3.05) is 13.1 Å². The molecular formula is C12H19N3O. The highest BCUT2D eigenvalue weighted by Crippen LogP contribution is 2.31. The predicted molar refractivity (Wildman–Crippen MR) is 60.0 cm³/mol. The van der Waals surface area contributed by atoms with E-state index >= 15 is 0 Å². The van der Waals surface area contributed by atoms with Gasteiger partial charge in [-0.1, -0.05) is 5.16 Å². The van der Waals surface area contributed by atoms with Gasteiger partial charge in [0, 0.05) is 12.8 Å². The van der Waals surface area contributed by atoms with Crippen molar-refractivity contribution in [1.29, 1.82) is 0 Å². The van der Waals surface area contributed by atoms with Gasteiger partial charge in [0.1, 0.15) is 0 Å². The minimum atomic E-state index is 0.732. The molecule has 1 saturated heterocycles. The van der Waals surface area contributed by atoms with Gasteiger partial charge in [0.15, 0.2) is 5.82 Å². The van der Waals surface area contributed by atoms with Crippen LogP contribution in [0.3, 0.4) is 0 Å². The second kappa shape index (κ2) is 4.53. The van der Waals surface area contributed by atoms with Gasteiger partial charge in [-0.3, -0.25) is 0 Å². The SMILES string of the molecule is C1CC(Cc2nc(CC3CC3)no2)CCN1. The van der Waals surface area contributed by atoms with E-state index in [4.69, 9.17) is 4.52 Å². The fourth-order valence-electron chi connectivity index (χ4n) is 2.37. The summed E-state index contributed by atoms with van der Waals surface area (Å²) in [5.74, 6) is 3.34. The number of hydrogen-bond acceptors (Lipinski definition) is 4. The number of piperidine rings is 1. The van der Waals surface area contributed by atoms with Crippen LogP contribution in [0.25, 0.3) is 0 Å². The molecule has 0 amide bonds. The monoisotopic (exact) mass is 221 g/mol. The molecule has 2 fully saturated rings. The Balaban J connectivity index is 1.54. The lowest BCUT2D eigenvalue weighted by atomic mass is 9.95. The lowest BCUT2D eigenvalue weighted by molar-refractivity contribution is 0.312. The summed E-state index contributed by atoms with van der Waals surface area (Å²) in [7, 11) is 0. The van der Waals surface area contributed by atoms with Gasteiger partial charge in [-0.15, -0.1) is 0 Å². The summed E-state index contributed by atoms with van der Waals surface area (Å²) in [6.45, 7) is 2.27. The molecule has 3 rings (SSSR count). The first-order chi connectivity index (χ1) is 7.90. The van der Waals surface area contributed by atoms with E-state index in [0.29, 0.717) is 0 Å². The van der Waals surface area contributed by atoms with Crippen molar-refractivity contribution in [1.82, 2.24) is 15.5 Å². The zero-order valence-corrected chi connectivity index (χ0v) is 9.61. The average Bonchev–Trinajstić information content (AvgIpc) is 3.01. The van der Waals surface area contributed by atoms with Crippen LogP contribution in [0.2, 0.25) is 0 Å². The van der Waals surface area contributed by atoms with Crippen molar-refractivity contribution in [3.63, 3.8) is 0 Å². The van der Waals surface area contributed by atoms with Gasteiger partial charge in [-0.2, -0.15) is 4.98 Å². The van der Waals surface area contributed by atoms with Crippen molar-refractivity contribution in [2.45, 2.75) is 38.5 Å². The van der Waals surface area contributed by atoms with Crippen LogP contribution in [0, 0.1) is 11.8 Å². The van der Waals surface area contributed by atoms with Crippen LogP contribution in [0.4, 0.5) is 0 Å². The van der Waals surface area contributed by atoms with Crippen LogP contribution >= 0.6 is 0 Å². The van der Waals surface area contributed by atoms with Gasteiger partial charge >= 0.3 is 0 Å². The van der Waals surface area contributed by atoms with Gasteiger partial charge in [-0.05, 0) is 50.6 Å². The van der Waals surface area contributed by atoms with E-state index in [2.05, 4.69) is 15.5 Å². The largest absolute Gasteiger partial charge is 0.339 e. The van der Waals surface area contributed by atoms with E-state index in [9.17, 15) is 0 Å². The molecule has 1 N–H and O–H groups in total. The van der Waals surface area contributed by atoms with Crippen LogP contribution in [0.15, 0.2) is 4.52 Å². The van der Waals surface area contributed by atoms with Gasteiger partial charge < -0.3 is 9.84 Å². The number of rotatable bonds is 4. The Morgan fingerprint density at radius 1 is 1.06 bits per heavy atom. The van der Waals surface area contributed by atoms with E-state index in [1.165, 1.54) is 25.7 Å². The molecule has 0 atom stereocenters. The summed E-state index contributed by atoms with van der Waals surface area (Å²) in [5, 5.41) is 7.43. The number of aromatic nitrogens is 2. The van der Waals surface area contributed by atoms with Crippen molar-refractivity contribution in [2.24, 2.45) is 11.8 Å². The molecule has 2 heterocycles. The molecule has 0 bridgehead atoms. The number of hydrogen-bond donors (Lipinski definition) is 1. The zero-order valence-electron chi connectivity index (χ0n) is 9.61. The fraction of sp³-hybridized carbons (Fsp3) is 0.833. The summed E-state index contributed by atoms with van der Waals surface area (Å²) in [4.78, 5) is 4.49. The molecule has 16 heavy (non-hydrogen) atoms. The first kappa shape index (κ1) is 10.3. The summed E-state index contributed by atoms with van der Waals surface area (Å²) < 4.78 is 5.31. The van der Waals surface area contributed by atoms with Crippen molar-refractivity contribution in [3.8, 4) is 0 Å². The van der Waals surface area contributed by atoms with E-state index in [1.54, 1.807) is 0 Å². The molecule has 1 saturated carbocycles. The van der Waals surface area contributed by atoms with Crippen LogP contribution in [0.5, 0.6) is 0 Å². The summed E-state index contributed by atoms with van der Waals surface area (Å²) >= 11 is 0. The van der Waals surface area contributed by atoms with Crippen molar-refractivity contribution < 1.29 is 4.52 Å². The third-order valence-electron chi connectivity index (χ3n) is 3.60. The Morgan fingerprint density at radius 2 is 1.81 bits per heavy atom. The van der Waals surface area contributed by atoms with E-state index in [0.717, 1.165) is 49.5 Å². The molecule has 4 heteroatoms. The second-order valence-corrected chi connectivity index (χ2v) is 5.15. The zero-order chi connectivity index (χ0) is 10.8. The smallest absolute Gasteiger partial charge is 0.226 e. The van der Waals surface area contributed by atoms with Gasteiger partial charge in [0.2, 0.25) is 5.89 Å². The van der Waals surface area contributed by atoms with Crippen LogP contribution < -0.4 is 5.32 Å². The standard InChI is InChI=1S/C12H19N3O/c1-2-9(1)7-11-14-12(16-15-11)8-10-3-5-13-6-4-10/h9-10,13H,1-8H2. The van der Waals surface area contributed by atoms with Crippen LogP contribution in [0.1, 0.15) is 37.4 Å². The minimum absolute atomic E-state index is 0.732. The Hall–Kier alpha value is -0.900. The van der Waals surface area contributed by atoms with E-state index in [-0.39, 0.29) is 0 Å². The highest BCUT2D eigenvalue weighted by molar-refractivity contribution is 4.93. The maximum absolute atomic E-state index is 5.31. The van der Waals surface area contributed by atoms with Crippen molar-refractivity contribution >= 4 is 0 Å². The van der Waals surface area contributed by atoms with E-state index < -0.39 is 0 Å². The first-order valence-corrected chi connectivity index (χ1v) is 6.42. The van der Waals surface area contributed by atoms with Crippen molar-refractivity contribution in [3.05, 3.63) is 11.7 Å². The predicted octanol–water partition coefficient (Wildman–Crippen LogP) is 1.56. The summed E-state index contributed by atoms with van der Waals surface area (Å²) in [6.07, 6.45) is 7.16. The second-order valence-electron chi connectivity index (χ2n) is 5.15. The third-order valence-corrected chi connectivity index (χ3v) is 3.60. The molecule has 88 valence electrons. The van der Waals surface area contributed by atoms with Gasteiger partial charge in [-0.25, -0.2) is 0 Å². The van der Waals surface area contributed by atoms with Crippen LogP contribution in [-0.4, -0.2) is 23.2 Å². The Bertz CT molecular complexity index is 340. The lowest BCUT2D eigenvalue weighted by Gasteiger charge is -2.20. The fourth-order valence-corrected chi connectivity index (χ4v) is 2.37. The van der Waals surface area contributed by atoms with E-state index in [1.807, 2.05) is 0 Å². The molecule has 0 spiro atoms. The Kier molecular flexibility index (Phi) is 2.91. The highest BCUT2D eigenvalue weighted by Gasteiger charge is 2.24. The molecule has 1 aromatic heterocycles. The number of nitrogens with one attached hydrogen (secondary N) is 1. The molecular weight excluding hydrogens is 202 g/mol. The number of nitrogens with zero attached hydrogens (tertiary/aromatic N) is 2. The lowest BCUT2D eigenvalue weighted by Crippen LogP contribution is -2.28. The Labute approximate surface area is 95.8 Å². The molecule has 0 unspecified atom stereocenters. The minimum Gasteiger partial charge on any atom is -0.339 e. The molecule has 1 aliphatic heterocycles. The molecule has 0 radical (unpaired) electrons. The third kappa shape index (κ3) is 2.61. The highest BCUT2D eigenvalue weighted by atomic mass is 16.5.